The number of carbonyl (C=O) groups excluding carboxylic acids is 2. The van der Waals surface area contributed by atoms with Gasteiger partial charge in [0.05, 0.1) is 0 Å². The SMILES string of the molecule is NC(N)=NCCCC(NN1C(=O)c2c(c3ccc2o3)C1=O)C(=O)O. The zero-order chi connectivity index (χ0) is 17.4. The minimum atomic E-state index is -1.19. The van der Waals surface area contributed by atoms with Crippen LogP contribution in [-0.4, -0.2) is 46.4 Å². The second-order valence-corrected chi connectivity index (χ2v) is 5.33. The first-order valence-corrected chi connectivity index (χ1v) is 7.18. The Morgan fingerprint density at radius 1 is 1.25 bits per heavy atom. The van der Waals surface area contributed by atoms with Crippen LogP contribution in [0, 0.1) is 0 Å². The lowest BCUT2D eigenvalue weighted by Crippen LogP contribution is -2.51. The monoisotopic (exact) mass is 333 g/mol. The minimum Gasteiger partial charge on any atom is -0.480 e. The van der Waals surface area contributed by atoms with Crippen molar-refractivity contribution in [3.63, 3.8) is 0 Å². The molecule has 1 atom stereocenters. The number of hydrogen-bond acceptors (Lipinski definition) is 6. The number of furan rings is 2. The zero-order valence-electron chi connectivity index (χ0n) is 12.5. The largest absolute Gasteiger partial charge is 0.480 e. The van der Waals surface area contributed by atoms with Crippen LogP contribution >= 0.6 is 0 Å². The number of guanidine groups is 1. The van der Waals surface area contributed by atoms with Crippen LogP contribution in [0.1, 0.15) is 33.6 Å². The van der Waals surface area contributed by atoms with Crippen molar-refractivity contribution in [3.05, 3.63) is 23.3 Å². The molecule has 24 heavy (non-hydrogen) atoms. The average Bonchev–Trinajstić information content (AvgIpc) is 3.18. The summed E-state index contributed by atoms with van der Waals surface area (Å²) in [6.07, 6.45) is 0.500. The highest BCUT2D eigenvalue weighted by Gasteiger charge is 2.43. The van der Waals surface area contributed by atoms with E-state index in [0.29, 0.717) is 17.6 Å². The molecule has 1 unspecified atom stereocenters. The molecule has 2 amide bonds. The van der Waals surface area contributed by atoms with E-state index in [-0.39, 0.29) is 30.1 Å². The fraction of sp³-hybridized carbons (Fsp3) is 0.286. The Hall–Kier alpha value is -3.14. The van der Waals surface area contributed by atoms with Crippen molar-refractivity contribution in [2.75, 3.05) is 6.54 Å². The first-order valence-electron chi connectivity index (χ1n) is 7.18. The molecule has 0 aromatic carbocycles. The number of hydrogen-bond donors (Lipinski definition) is 4. The van der Waals surface area contributed by atoms with Crippen LogP contribution in [0.25, 0.3) is 11.2 Å². The number of imide groups is 1. The Labute approximate surface area is 135 Å². The fourth-order valence-corrected chi connectivity index (χ4v) is 2.61. The van der Waals surface area contributed by atoms with Gasteiger partial charge in [-0.25, -0.2) is 10.4 Å². The van der Waals surface area contributed by atoms with Gasteiger partial charge in [-0.05, 0) is 25.0 Å². The van der Waals surface area contributed by atoms with E-state index in [9.17, 15) is 19.5 Å². The number of hydrazine groups is 1. The van der Waals surface area contributed by atoms with E-state index in [0.717, 1.165) is 5.01 Å². The van der Waals surface area contributed by atoms with Gasteiger partial charge in [0.2, 0.25) is 0 Å². The number of fused-ring (bicyclic) bond motifs is 5. The zero-order valence-corrected chi connectivity index (χ0v) is 12.5. The van der Waals surface area contributed by atoms with Gasteiger partial charge >= 0.3 is 5.97 Å². The maximum Gasteiger partial charge on any atom is 0.322 e. The molecule has 126 valence electrons. The molecular formula is C14H15N5O5. The van der Waals surface area contributed by atoms with E-state index in [2.05, 4.69) is 10.4 Å². The van der Waals surface area contributed by atoms with Crippen LogP contribution in [0.3, 0.4) is 0 Å². The number of nitrogens with one attached hydrogen (secondary N) is 1. The van der Waals surface area contributed by atoms with E-state index >= 15 is 0 Å². The van der Waals surface area contributed by atoms with Crippen LogP contribution < -0.4 is 16.9 Å². The van der Waals surface area contributed by atoms with Crippen molar-refractivity contribution in [1.82, 2.24) is 10.4 Å². The number of aliphatic imine (C=N–C) groups is 1. The van der Waals surface area contributed by atoms with E-state index in [1.165, 1.54) is 0 Å². The van der Waals surface area contributed by atoms with E-state index in [1.54, 1.807) is 12.1 Å². The third-order valence-electron chi connectivity index (χ3n) is 3.71. The molecule has 0 aliphatic carbocycles. The molecule has 0 radical (unpaired) electrons. The molecule has 10 heteroatoms. The van der Waals surface area contributed by atoms with Gasteiger partial charge in [-0.15, -0.1) is 0 Å². The third kappa shape index (κ3) is 2.52. The molecule has 0 fully saturated rings. The Bertz CT molecular complexity index is 793. The van der Waals surface area contributed by atoms with Gasteiger partial charge < -0.3 is 21.0 Å². The maximum atomic E-state index is 12.4. The molecule has 1 aliphatic heterocycles. The Balaban J connectivity index is 1.71. The van der Waals surface area contributed by atoms with Crippen LogP contribution in [0.15, 0.2) is 21.5 Å². The minimum absolute atomic E-state index is 0.0858. The van der Waals surface area contributed by atoms with Crippen LogP contribution in [-0.2, 0) is 4.79 Å². The van der Waals surface area contributed by atoms with Crippen molar-refractivity contribution in [2.45, 2.75) is 18.9 Å². The lowest BCUT2D eigenvalue weighted by molar-refractivity contribution is -0.140. The molecular weight excluding hydrogens is 318 g/mol. The Morgan fingerprint density at radius 3 is 2.33 bits per heavy atom. The second kappa shape index (κ2) is 5.81. The predicted octanol–water partition coefficient (Wildman–Crippen LogP) is -0.522. The summed E-state index contributed by atoms with van der Waals surface area (Å²) in [5, 5.41) is 10.00. The highest BCUT2D eigenvalue weighted by Crippen LogP contribution is 2.34. The molecule has 2 bridgehead atoms. The topological polar surface area (TPSA) is 164 Å². The maximum absolute atomic E-state index is 12.4. The number of aliphatic carboxylic acids is 1. The molecule has 3 heterocycles. The van der Waals surface area contributed by atoms with Crippen molar-refractivity contribution in [3.8, 4) is 0 Å². The van der Waals surface area contributed by atoms with Gasteiger partial charge in [0.15, 0.2) is 5.96 Å². The molecule has 6 N–H and O–H groups in total. The standard InChI is InChI=1S/C14H15N5O5/c15-14(16)17-5-1-2-6(13(22)23)18-19-11(20)9-7-3-4-8(24-7)10(9)12(19)21/h3-4,6,18H,1-2,5H2,(H,22,23)(H4,15,16,17). The van der Waals surface area contributed by atoms with Crippen LogP contribution in [0.4, 0.5) is 0 Å². The smallest absolute Gasteiger partial charge is 0.322 e. The van der Waals surface area contributed by atoms with Gasteiger partial charge in [-0.2, -0.15) is 0 Å². The van der Waals surface area contributed by atoms with E-state index in [1.807, 2.05) is 0 Å². The first kappa shape index (κ1) is 15.7. The summed E-state index contributed by atoms with van der Waals surface area (Å²) in [5.74, 6) is -2.53. The lowest BCUT2D eigenvalue weighted by atomic mass is 10.1. The average molecular weight is 333 g/mol. The number of amides is 2. The van der Waals surface area contributed by atoms with Gasteiger partial charge in [-0.1, -0.05) is 0 Å². The molecule has 0 spiro atoms. The summed E-state index contributed by atoms with van der Waals surface area (Å²) in [6.45, 7) is 0.248. The number of carboxylic acids is 1. The molecule has 10 nitrogen and oxygen atoms in total. The van der Waals surface area contributed by atoms with Gasteiger partial charge in [0.25, 0.3) is 11.8 Å². The number of benzene rings is 1. The van der Waals surface area contributed by atoms with E-state index < -0.39 is 23.8 Å². The summed E-state index contributed by atoms with van der Waals surface area (Å²) >= 11 is 0. The Morgan fingerprint density at radius 2 is 1.83 bits per heavy atom. The number of nitrogens with zero attached hydrogens (tertiary/aromatic N) is 2. The predicted molar refractivity (Wildman–Crippen MR) is 82.4 cm³/mol. The summed E-state index contributed by atoms with van der Waals surface area (Å²) in [6, 6.07) is 2.05. The normalized spacial score (nSPS) is 15.1. The Kier molecular flexibility index (Phi) is 3.81. The lowest BCUT2D eigenvalue weighted by Gasteiger charge is -2.21. The first-order chi connectivity index (χ1) is 11.4. The van der Waals surface area contributed by atoms with Gasteiger partial charge in [0, 0.05) is 6.54 Å². The number of rotatable bonds is 7. The summed E-state index contributed by atoms with van der Waals surface area (Å²) in [5.41, 5.74) is 13.8. The van der Waals surface area contributed by atoms with Crippen molar-refractivity contribution in [2.24, 2.45) is 16.5 Å². The molecule has 1 aliphatic rings. The molecule has 0 saturated heterocycles. The summed E-state index contributed by atoms with van der Waals surface area (Å²) < 4.78 is 5.28. The van der Waals surface area contributed by atoms with Crippen molar-refractivity contribution < 1.29 is 23.9 Å². The summed E-state index contributed by atoms with van der Waals surface area (Å²) in [4.78, 5) is 39.8. The molecule has 3 rings (SSSR count). The van der Waals surface area contributed by atoms with Gasteiger partial charge in [0.1, 0.15) is 28.3 Å². The number of carboxylic acid groups (broad SMARTS) is 1. The van der Waals surface area contributed by atoms with Gasteiger partial charge in [-0.3, -0.25) is 19.4 Å². The third-order valence-corrected chi connectivity index (χ3v) is 3.71. The highest BCUT2D eigenvalue weighted by atomic mass is 16.4. The number of nitrogens with two attached hydrogens (primary N) is 2. The van der Waals surface area contributed by atoms with Crippen LogP contribution in [0.2, 0.25) is 0 Å². The van der Waals surface area contributed by atoms with Crippen LogP contribution in [0.5, 0.6) is 0 Å². The fourth-order valence-electron chi connectivity index (χ4n) is 2.61. The highest BCUT2D eigenvalue weighted by molar-refractivity contribution is 6.27. The molecule has 0 saturated carbocycles. The molecule has 2 aromatic rings. The quantitative estimate of drug-likeness (QED) is 0.227. The van der Waals surface area contributed by atoms with Crippen molar-refractivity contribution in [1.29, 1.82) is 0 Å². The molecule has 2 aromatic heterocycles. The van der Waals surface area contributed by atoms with E-state index in [4.69, 9.17) is 15.9 Å². The van der Waals surface area contributed by atoms with Crippen molar-refractivity contribution >= 4 is 34.9 Å². The summed E-state index contributed by atoms with van der Waals surface area (Å²) in [7, 11) is 0. The second-order valence-electron chi connectivity index (χ2n) is 5.33. The number of carbonyl (C=O) groups is 3.